The van der Waals surface area contributed by atoms with Crippen LogP contribution in [0.25, 0.3) is 0 Å². The van der Waals surface area contributed by atoms with Gasteiger partial charge in [0.15, 0.2) is 0 Å². The van der Waals surface area contributed by atoms with E-state index in [4.69, 9.17) is 10.4 Å². The quantitative estimate of drug-likeness (QED) is 0.908. The summed E-state index contributed by atoms with van der Waals surface area (Å²) < 4.78 is 26.3. The Hall–Kier alpha value is -1.91. The zero-order valence-electron chi connectivity index (χ0n) is 11.6. The van der Waals surface area contributed by atoms with Gasteiger partial charge in [0.1, 0.15) is 0 Å². The number of nitrogens with zero attached hydrogens (tertiary/aromatic N) is 2. The number of aryl methyl sites for hydroxylation is 1. The van der Waals surface area contributed by atoms with E-state index in [2.05, 4.69) is 0 Å². The molecule has 7 heteroatoms. The number of piperidine rings is 1. The molecule has 112 valence electrons. The predicted octanol–water partition coefficient (Wildman–Crippen LogP) is 1.35. The van der Waals surface area contributed by atoms with E-state index in [1.807, 2.05) is 6.07 Å². The molecule has 2 rings (SSSR count). The minimum absolute atomic E-state index is 0.00326. The molecule has 0 amide bonds. The summed E-state index contributed by atoms with van der Waals surface area (Å²) in [5, 5.41) is 17.9. The largest absolute Gasteiger partial charge is 0.481 e. The van der Waals surface area contributed by atoms with E-state index in [-0.39, 0.29) is 11.4 Å². The van der Waals surface area contributed by atoms with Crippen LogP contribution in [0.4, 0.5) is 0 Å². The fourth-order valence-corrected chi connectivity index (χ4v) is 4.04. The molecule has 1 N–H and O–H groups in total. The molecule has 0 aromatic heterocycles. The summed E-state index contributed by atoms with van der Waals surface area (Å²) in [5.74, 6) is -1.63. The number of carboxylic acids is 1. The molecule has 1 aliphatic heterocycles. The van der Waals surface area contributed by atoms with Crippen molar-refractivity contribution in [1.82, 2.24) is 4.31 Å². The van der Waals surface area contributed by atoms with E-state index >= 15 is 0 Å². The Balaban J connectivity index is 2.32. The summed E-state index contributed by atoms with van der Waals surface area (Å²) in [6.45, 7) is 2.00. The Kier molecular flexibility index (Phi) is 4.30. The summed E-state index contributed by atoms with van der Waals surface area (Å²) in [4.78, 5) is 11.1. The number of hydrogen-bond donors (Lipinski definition) is 1. The monoisotopic (exact) mass is 308 g/mol. The van der Waals surface area contributed by atoms with Crippen molar-refractivity contribution in [3.8, 4) is 6.07 Å². The summed E-state index contributed by atoms with van der Waals surface area (Å²) >= 11 is 0. The average Bonchev–Trinajstić information content (AvgIpc) is 2.47. The van der Waals surface area contributed by atoms with Crippen LogP contribution in [0.3, 0.4) is 0 Å². The fourth-order valence-electron chi connectivity index (χ4n) is 2.43. The van der Waals surface area contributed by atoms with Gasteiger partial charge in [-0.2, -0.15) is 9.57 Å². The first-order valence-electron chi connectivity index (χ1n) is 6.60. The third-order valence-corrected chi connectivity index (χ3v) is 5.55. The van der Waals surface area contributed by atoms with Crippen LogP contribution >= 0.6 is 0 Å². The van der Waals surface area contributed by atoms with Crippen molar-refractivity contribution >= 4 is 16.0 Å². The minimum atomic E-state index is -3.72. The molecular formula is C14H16N2O4S. The summed E-state index contributed by atoms with van der Waals surface area (Å²) in [6, 6.07) is 6.31. The van der Waals surface area contributed by atoms with Gasteiger partial charge in [-0.05, 0) is 43.5 Å². The molecule has 1 aromatic carbocycles. The van der Waals surface area contributed by atoms with E-state index in [9.17, 15) is 13.2 Å². The van der Waals surface area contributed by atoms with Crippen LogP contribution in [-0.2, 0) is 14.8 Å². The SMILES string of the molecule is Cc1cc(S(=O)(=O)N2CCCC(C(=O)O)C2)ccc1C#N. The number of rotatable bonds is 3. The van der Waals surface area contributed by atoms with Gasteiger partial charge in [-0.1, -0.05) is 0 Å². The molecule has 21 heavy (non-hydrogen) atoms. The molecule has 1 saturated heterocycles. The first-order chi connectivity index (χ1) is 9.86. The Labute approximate surface area is 123 Å². The minimum Gasteiger partial charge on any atom is -0.481 e. The van der Waals surface area contributed by atoms with Gasteiger partial charge in [0.25, 0.3) is 0 Å². The molecule has 1 atom stereocenters. The lowest BCUT2D eigenvalue weighted by atomic mass is 10.0. The number of nitriles is 1. The van der Waals surface area contributed by atoms with E-state index in [0.717, 1.165) is 0 Å². The van der Waals surface area contributed by atoms with Gasteiger partial charge in [-0.25, -0.2) is 8.42 Å². The second-order valence-corrected chi connectivity index (χ2v) is 7.07. The number of benzene rings is 1. The Bertz CT molecular complexity index is 706. The molecule has 0 bridgehead atoms. The van der Waals surface area contributed by atoms with Crippen LogP contribution in [-0.4, -0.2) is 36.9 Å². The van der Waals surface area contributed by atoms with E-state index in [0.29, 0.717) is 30.5 Å². The molecule has 0 radical (unpaired) electrons. The number of carbonyl (C=O) groups is 1. The van der Waals surface area contributed by atoms with Crippen molar-refractivity contribution in [2.75, 3.05) is 13.1 Å². The highest BCUT2D eigenvalue weighted by Crippen LogP contribution is 2.25. The molecule has 0 aliphatic carbocycles. The Morgan fingerprint density at radius 2 is 2.19 bits per heavy atom. The highest BCUT2D eigenvalue weighted by atomic mass is 32.2. The zero-order valence-corrected chi connectivity index (χ0v) is 12.4. The number of aliphatic carboxylic acids is 1. The van der Waals surface area contributed by atoms with Gasteiger partial charge in [-0.3, -0.25) is 4.79 Å². The van der Waals surface area contributed by atoms with Crippen molar-refractivity contribution in [1.29, 1.82) is 5.26 Å². The van der Waals surface area contributed by atoms with Gasteiger partial charge in [0, 0.05) is 13.1 Å². The van der Waals surface area contributed by atoms with Gasteiger partial charge >= 0.3 is 5.97 Å². The number of hydrogen-bond acceptors (Lipinski definition) is 4. The smallest absolute Gasteiger partial charge is 0.307 e. The van der Waals surface area contributed by atoms with Crippen molar-refractivity contribution in [3.63, 3.8) is 0 Å². The zero-order chi connectivity index (χ0) is 15.6. The van der Waals surface area contributed by atoms with Crippen molar-refractivity contribution < 1.29 is 18.3 Å². The van der Waals surface area contributed by atoms with Crippen molar-refractivity contribution in [3.05, 3.63) is 29.3 Å². The second kappa shape index (κ2) is 5.84. The first kappa shape index (κ1) is 15.5. The van der Waals surface area contributed by atoms with E-state index < -0.39 is 21.9 Å². The van der Waals surface area contributed by atoms with Crippen LogP contribution in [0.2, 0.25) is 0 Å². The number of carboxylic acid groups (broad SMARTS) is 1. The fraction of sp³-hybridized carbons (Fsp3) is 0.429. The maximum Gasteiger partial charge on any atom is 0.307 e. The maximum atomic E-state index is 12.6. The molecular weight excluding hydrogens is 292 g/mol. The Morgan fingerprint density at radius 3 is 2.76 bits per heavy atom. The lowest BCUT2D eigenvalue weighted by Crippen LogP contribution is -2.42. The molecule has 1 aliphatic rings. The molecule has 1 fully saturated rings. The normalized spacial score (nSPS) is 19.9. The molecule has 1 aromatic rings. The predicted molar refractivity (Wildman–Crippen MR) is 75.0 cm³/mol. The van der Waals surface area contributed by atoms with Crippen molar-refractivity contribution in [2.45, 2.75) is 24.7 Å². The van der Waals surface area contributed by atoms with Crippen LogP contribution in [0, 0.1) is 24.2 Å². The molecule has 6 nitrogen and oxygen atoms in total. The lowest BCUT2D eigenvalue weighted by Gasteiger charge is -2.29. The number of sulfonamides is 1. The molecule has 0 saturated carbocycles. The third kappa shape index (κ3) is 3.06. The molecule has 1 unspecified atom stereocenters. The lowest BCUT2D eigenvalue weighted by molar-refractivity contribution is -0.142. The van der Waals surface area contributed by atoms with Crippen molar-refractivity contribution in [2.24, 2.45) is 5.92 Å². The maximum absolute atomic E-state index is 12.6. The summed E-state index contributed by atoms with van der Waals surface area (Å²) in [6.07, 6.45) is 1.03. The van der Waals surface area contributed by atoms with Crippen LogP contribution in [0.15, 0.2) is 23.1 Å². The molecule has 1 heterocycles. The van der Waals surface area contributed by atoms with Gasteiger partial charge < -0.3 is 5.11 Å². The van der Waals surface area contributed by atoms with Crippen LogP contribution < -0.4 is 0 Å². The van der Waals surface area contributed by atoms with E-state index in [1.54, 1.807) is 6.92 Å². The van der Waals surface area contributed by atoms with Gasteiger partial charge in [0.2, 0.25) is 10.0 Å². The summed E-state index contributed by atoms with van der Waals surface area (Å²) in [7, 11) is -3.72. The van der Waals surface area contributed by atoms with E-state index in [1.165, 1.54) is 22.5 Å². The van der Waals surface area contributed by atoms with Gasteiger partial charge in [-0.15, -0.1) is 0 Å². The Morgan fingerprint density at radius 1 is 1.48 bits per heavy atom. The molecule has 0 spiro atoms. The highest BCUT2D eigenvalue weighted by Gasteiger charge is 2.33. The highest BCUT2D eigenvalue weighted by molar-refractivity contribution is 7.89. The summed E-state index contributed by atoms with van der Waals surface area (Å²) in [5.41, 5.74) is 1.02. The second-order valence-electron chi connectivity index (χ2n) is 5.13. The average molecular weight is 308 g/mol. The topological polar surface area (TPSA) is 98.5 Å². The van der Waals surface area contributed by atoms with Crippen LogP contribution in [0.5, 0.6) is 0 Å². The third-order valence-electron chi connectivity index (χ3n) is 3.69. The van der Waals surface area contributed by atoms with Crippen LogP contribution in [0.1, 0.15) is 24.0 Å². The first-order valence-corrected chi connectivity index (χ1v) is 8.04. The van der Waals surface area contributed by atoms with Gasteiger partial charge in [0.05, 0.1) is 22.4 Å². The standard InChI is InChI=1S/C14H16N2O4S/c1-10-7-13(5-4-11(10)8-15)21(19,20)16-6-2-3-12(9-16)14(17)18/h4-5,7,12H,2-3,6,9H2,1H3,(H,17,18).